The van der Waals surface area contributed by atoms with Gasteiger partial charge in [0.2, 0.25) is 5.91 Å². The molecule has 4 heteroatoms. The number of hydrogen-bond donors (Lipinski definition) is 2. The maximum atomic E-state index is 12.1. The number of aryl methyl sites for hydroxylation is 1. The quantitative estimate of drug-likeness (QED) is 0.759. The molecule has 116 valence electrons. The zero-order chi connectivity index (χ0) is 15.8. The number of aromatic amines is 1. The number of carbonyl (C=O) groups is 1. The average Bonchev–Trinajstić information content (AvgIpc) is 2.88. The number of nitrogens with zero attached hydrogens (tertiary/aromatic N) is 1. The Balaban J connectivity index is 1.64. The molecule has 0 radical (unpaired) electrons. The average molecular weight is 305 g/mol. The summed E-state index contributed by atoms with van der Waals surface area (Å²) in [6.07, 6.45) is 3.14. The molecule has 1 aliphatic carbocycles. The Labute approximate surface area is 134 Å². The van der Waals surface area contributed by atoms with E-state index >= 15 is 0 Å². The van der Waals surface area contributed by atoms with E-state index in [4.69, 9.17) is 0 Å². The Morgan fingerprint density at radius 3 is 2.74 bits per heavy atom. The first kappa shape index (κ1) is 14.0. The molecule has 1 aromatic heterocycles. The van der Waals surface area contributed by atoms with Crippen molar-refractivity contribution in [2.75, 3.05) is 5.32 Å². The number of aromatic nitrogens is 2. The van der Waals surface area contributed by atoms with E-state index in [0.29, 0.717) is 5.82 Å². The molecule has 3 aromatic rings. The molecule has 0 aliphatic heterocycles. The van der Waals surface area contributed by atoms with Crippen molar-refractivity contribution in [3.8, 4) is 11.1 Å². The molecule has 1 fully saturated rings. The number of hydrogen-bond acceptors (Lipinski definition) is 2. The summed E-state index contributed by atoms with van der Waals surface area (Å²) in [5.41, 5.74) is 4.50. The molecule has 1 heterocycles. The number of amides is 1. The van der Waals surface area contributed by atoms with Crippen molar-refractivity contribution >= 4 is 22.6 Å². The third-order valence-corrected chi connectivity index (χ3v) is 4.63. The van der Waals surface area contributed by atoms with Crippen LogP contribution in [0.15, 0.2) is 42.5 Å². The second-order valence-corrected chi connectivity index (χ2v) is 6.32. The Morgan fingerprint density at radius 2 is 2.00 bits per heavy atom. The highest BCUT2D eigenvalue weighted by atomic mass is 16.2. The lowest BCUT2D eigenvalue weighted by Gasteiger charge is -2.23. The SMILES string of the molecule is Cc1cccc(-c2ccc3c(NC(=O)C4CCC4)n[nH]c3c2)c1. The number of H-pyrrole nitrogens is 1. The monoisotopic (exact) mass is 305 g/mol. The highest BCUT2D eigenvalue weighted by Crippen LogP contribution is 2.30. The third-order valence-electron chi connectivity index (χ3n) is 4.63. The highest BCUT2D eigenvalue weighted by molar-refractivity contribution is 6.01. The van der Waals surface area contributed by atoms with Gasteiger partial charge in [0, 0.05) is 11.3 Å². The van der Waals surface area contributed by atoms with Gasteiger partial charge in [-0.25, -0.2) is 0 Å². The molecule has 0 spiro atoms. The zero-order valence-electron chi connectivity index (χ0n) is 13.1. The number of rotatable bonds is 3. The minimum Gasteiger partial charge on any atom is -0.308 e. The van der Waals surface area contributed by atoms with Crippen molar-refractivity contribution < 1.29 is 4.79 Å². The van der Waals surface area contributed by atoms with Gasteiger partial charge >= 0.3 is 0 Å². The lowest BCUT2D eigenvalue weighted by molar-refractivity contribution is -0.122. The molecule has 1 amide bonds. The number of benzene rings is 2. The van der Waals surface area contributed by atoms with Gasteiger partial charge in [-0.05, 0) is 43.0 Å². The van der Waals surface area contributed by atoms with E-state index in [1.165, 1.54) is 11.1 Å². The van der Waals surface area contributed by atoms with Crippen molar-refractivity contribution in [3.05, 3.63) is 48.0 Å². The Kier molecular flexibility index (Phi) is 3.37. The smallest absolute Gasteiger partial charge is 0.228 e. The molecule has 0 bridgehead atoms. The first-order valence-electron chi connectivity index (χ1n) is 8.07. The number of carbonyl (C=O) groups excluding carboxylic acids is 1. The summed E-state index contributed by atoms with van der Waals surface area (Å²) in [6, 6.07) is 14.6. The van der Waals surface area contributed by atoms with Crippen LogP contribution in [-0.2, 0) is 4.79 Å². The van der Waals surface area contributed by atoms with Crippen LogP contribution >= 0.6 is 0 Å². The standard InChI is InChI=1S/C19H19N3O/c1-12-4-2-7-14(10-12)15-8-9-16-17(11-15)21-22-18(16)20-19(23)13-5-3-6-13/h2,4,7-11,13H,3,5-6H2,1H3,(H2,20,21,22,23). The van der Waals surface area contributed by atoms with Crippen LogP contribution in [0.5, 0.6) is 0 Å². The molecule has 4 rings (SSSR count). The van der Waals surface area contributed by atoms with Crippen LogP contribution in [0.2, 0.25) is 0 Å². The first-order chi connectivity index (χ1) is 11.2. The molecule has 1 saturated carbocycles. The fraction of sp³-hybridized carbons (Fsp3) is 0.263. The summed E-state index contributed by atoms with van der Waals surface area (Å²) >= 11 is 0. The molecule has 1 aliphatic rings. The molecule has 0 atom stereocenters. The van der Waals surface area contributed by atoms with E-state index in [-0.39, 0.29) is 11.8 Å². The summed E-state index contributed by atoms with van der Waals surface area (Å²) in [5.74, 6) is 0.883. The van der Waals surface area contributed by atoms with Crippen LogP contribution in [0.3, 0.4) is 0 Å². The van der Waals surface area contributed by atoms with E-state index in [9.17, 15) is 4.79 Å². The van der Waals surface area contributed by atoms with E-state index < -0.39 is 0 Å². The van der Waals surface area contributed by atoms with Crippen molar-refractivity contribution in [3.63, 3.8) is 0 Å². The second kappa shape index (κ2) is 5.54. The van der Waals surface area contributed by atoms with Crippen molar-refractivity contribution in [2.24, 2.45) is 5.92 Å². The normalized spacial score (nSPS) is 14.7. The fourth-order valence-electron chi connectivity index (χ4n) is 3.01. The third kappa shape index (κ3) is 2.61. The van der Waals surface area contributed by atoms with Crippen molar-refractivity contribution in [1.29, 1.82) is 0 Å². The van der Waals surface area contributed by atoms with Crippen molar-refractivity contribution in [1.82, 2.24) is 10.2 Å². The Morgan fingerprint density at radius 1 is 1.17 bits per heavy atom. The summed E-state index contributed by atoms with van der Waals surface area (Å²) in [7, 11) is 0. The molecule has 4 nitrogen and oxygen atoms in total. The lowest BCUT2D eigenvalue weighted by atomic mass is 9.85. The molecule has 2 N–H and O–H groups in total. The van der Waals surface area contributed by atoms with Crippen LogP contribution in [0, 0.1) is 12.8 Å². The van der Waals surface area contributed by atoms with Gasteiger partial charge in [-0.1, -0.05) is 42.3 Å². The molecule has 0 unspecified atom stereocenters. The van der Waals surface area contributed by atoms with E-state index in [1.807, 2.05) is 6.07 Å². The van der Waals surface area contributed by atoms with Crippen molar-refractivity contribution in [2.45, 2.75) is 26.2 Å². The second-order valence-electron chi connectivity index (χ2n) is 6.32. The predicted molar refractivity (Wildman–Crippen MR) is 92.2 cm³/mol. The minimum absolute atomic E-state index is 0.0902. The van der Waals surface area contributed by atoms with Crippen LogP contribution in [0.4, 0.5) is 5.82 Å². The maximum Gasteiger partial charge on any atom is 0.228 e. The van der Waals surface area contributed by atoms with Crippen LogP contribution < -0.4 is 5.32 Å². The fourth-order valence-corrected chi connectivity index (χ4v) is 3.01. The zero-order valence-corrected chi connectivity index (χ0v) is 13.1. The lowest BCUT2D eigenvalue weighted by Crippen LogP contribution is -2.28. The van der Waals surface area contributed by atoms with Crippen LogP contribution in [-0.4, -0.2) is 16.1 Å². The van der Waals surface area contributed by atoms with E-state index in [2.05, 4.69) is 58.8 Å². The summed E-state index contributed by atoms with van der Waals surface area (Å²) < 4.78 is 0. The maximum absolute atomic E-state index is 12.1. The van der Waals surface area contributed by atoms with Gasteiger partial charge in [0.15, 0.2) is 5.82 Å². The molecule has 0 saturated heterocycles. The first-order valence-corrected chi connectivity index (χ1v) is 8.07. The number of anilines is 1. The van der Waals surface area contributed by atoms with Gasteiger partial charge in [-0.3, -0.25) is 9.89 Å². The predicted octanol–water partition coefficient (Wildman–Crippen LogP) is 4.28. The van der Waals surface area contributed by atoms with Gasteiger partial charge in [0.05, 0.1) is 5.52 Å². The summed E-state index contributed by atoms with van der Waals surface area (Å²) in [6.45, 7) is 2.09. The van der Waals surface area contributed by atoms with Gasteiger partial charge in [-0.2, -0.15) is 5.10 Å². The van der Waals surface area contributed by atoms with E-state index in [1.54, 1.807) is 0 Å². The van der Waals surface area contributed by atoms with Gasteiger partial charge in [-0.15, -0.1) is 0 Å². The van der Waals surface area contributed by atoms with Crippen LogP contribution in [0.1, 0.15) is 24.8 Å². The van der Waals surface area contributed by atoms with Crippen LogP contribution in [0.25, 0.3) is 22.0 Å². The summed E-state index contributed by atoms with van der Waals surface area (Å²) in [4.78, 5) is 12.1. The van der Waals surface area contributed by atoms with Gasteiger partial charge in [0.25, 0.3) is 0 Å². The van der Waals surface area contributed by atoms with Gasteiger partial charge in [0.1, 0.15) is 0 Å². The minimum atomic E-state index is 0.0902. The molecule has 2 aromatic carbocycles. The van der Waals surface area contributed by atoms with E-state index in [0.717, 1.165) is 35.7 Å². The van der Waals surface area contributed by atoms with Gasteiger partial charge < -0.3 is 5.32 Å². The number of fused-ring (bicyclic) bond motifs is 1. The largest absolute Gasteiger partial charge is 0.308 e. The summed E-state index contributed by atoms with van der Waals surface area (Å²) in [5, 5.41) is 11.2. The topological polar surface area (TPSA) is 57.8 Å². The Bertz CT molecular complexity index is 877. The Hall–Kier alpha value is -2.62. The number of nitrogens with one attached hydrogen (secondary N) is 2. The molecular formula is C19H19N3O. The molecular weight excluding hydrogens is 286 g/mol. The molecule has 23 heavy (non-hydrogen) atoms. The highest BCUT2D eigenvalue weighted by Gasteiger charge is 2.26.